The number of methoxy groups -OCH3 is 1. The minimum atomic E-state index is -0.319. The Hall–Kier alpha value is -4.11. The molecule has 0 aliphatic rings. The molecule has 5 nitrogen and oxygen atoms in total. The van der Waals surface area contributed by atoms with Crippen LogP contribution in [0.1, 0.15) is 17.0 Å². The van der Waals surface area contributed by atoms with Gasteiger partial charge in [0.2, 0.25) is 0 Å². The maximum Gasteiger partial charge on any atom is 0.161 e. The summed E-state index contributed by atoms with van der Waals surface area (Å²) in [5.41, 5.74) is 3.27. The van der Waals surface area contributed by atoms with E-state index in [1.807, 2.05) is 24.3 Å². The largest absolute Gasteiger partial charge is 0.493 e. The van der Waals surface area contributed by atoms with Crippen molar-refractivity contribution in [3.05, 3.63) is 89.5 Å². The molecule has 1 heterocycles. The molecule has 0 aliphatic carbocycles. The Morgan fingerprint density at radius 1 is 1.10 bits per heavy atom. The summed E-state index contributed by atoms with van der Waals surface area (Å²) in [6.07, 6.45) is 1.72. The number of aromatic amines is 1. The number of nitriles is 1. The summed E-state index contributed by atoms with van der Waals surface area (Å²) in [7, 11) is 1.53. The molecule has 0 atom stereocenters. The fraction of sp³-hybridized carbons (Fsp3) is 0.0833. The number of hydrogen-bond donors (Lipinski definition) is 1. The van der Waals surface area contributed by atoms with Crippen molar-refractivity contribution in [3.8, 4) is 17.6 Å². The van der Waals surface area contributed by atoms with Crippen LogP contribution in [0.2, 0.25) is 0 Å². The monoisotopic (exact) mass is 399 g/mol. The minimum Gasteiger partial charge on any atom is -0.493 e. The zero-order valence-corrected chi connectivity index (χ0v) is 16.2. The Balaban J connectivity index is 1.59. The van der Waals surface area contributed by atoms with Crippen LogP contribution in [0.3, 0.4) is 0 Å². The van der Waals surface area contributed by atoms with Gasteiger partial charge in [-0.1, -0.05) is 36.4 Å². The van der Waals surface area contributed by atoms with E-state index in [0.29, 0.717) is 28.5 Å². The molecular formula is C24H18FN3O2. The lowest BCUT2D eigenvalue weighted by molar-refractivity contribution is 0.279. The predicted molar refractivity (Wildman–Crippen MR) is 113 cm³/mol. The van der Waals surface area contributed by atoms with E-state index in [1.54, 1.807) is 42.5 Å². The van der Waals surface area contributed by atoms with Crippen LogP contribution in [-0.2, 0) is 6.61 Å². The average molecular weight is 399 g/mol. The summed E-state index contributed by atoms with van der Waals surface area (Å²) in [6, 6.07) is 21.5. The van der Waals surface area contributed by atoms with Crippen molar-refractivity contribution in [2.75, 3.05) is 7.11 Å². The first-order chi connectivity index (χ1) is 14.7. The van der Waals surface area contributed by atoms with E-state index in [0.717, 1.165) is 16.6 Å². The average Bonchev–Trinajstić information content (AvgIpc) is 3.21. The molecule has 148 valence electrons. The van der Waals surface area contributed by atoms with E-state index in [4.69, 9.17) is 9.47 Å². The highest BCUT2D eigenvalue weighted by atomic mass is 19.1. The normalized spacial score (nSPS) is 11.3. The lowest BCUT2D eigenvalue weighted by Crippen LogP contribution is -2.00. The van der Waals surface area contributed by atoms with Gasteiger partial charge in [-0.15, -0.1) is 0 Å². The Morgan fingerprint density at radius 3 is 2.67 bits per heavy atom. The van der Waals surface area contributed by atoms with Crippen molar-refractivity contribution < 1.29 is 13.9 Å². The third kappa shape index (κ3) is 4.01. The molecule has 4 aromatic rings. The van der Waals surface area contributed by atoms with Gasteiger partial charge in [0.1, 0.15) is 24.3 Å². The van der Waals surface area contributed by atoms with Crippen molar-refractivity contribution in [3.63, 3.8) is 0 Å². The lowest BCUT2D eigenvalue weighted by atomic mass is 10.1. The molecule has 0 radical (unpaired) electrons. The SMILES string of the molecule is COc1cc(/C=C(\C#N)c2nc3ccccc3[nH]2)ccc1OCc1ccccc1F. The van der Waals surface area contributed by atoms with Crippen molar-refractivity contribution in [1.29, 1.82) is 5.26 Å². The number of halogens is 1. The molecule has 4 rings (SSSR count). The number of allylic oxidation sites excluding steroid dienone is 1. The van der Waals surface area contributed by atoms with E-state index < -0.39 is 0 Å². The Bertz CT molecular complexity index is 1240. The van der Waals surface area contributed by atoms with Crippen LogP contribution in [0.25, 0.3) is 22.7 Å². The van der Waals surface area contributed by atoms with Crippen molar-refractivity contribution in [2.24, 2.45) is 0 Å². The molecule has 0 bridgehead atoms. The highest BCUT2D eigenvalue weighted by Gasteiger charge is 2.10. The van der Waals surface area contributed by atoms with Crippen LogP contribution < -0.4 is 9.47 Å². The van der Waals surface area contributed by atoms with Gasteiger partial charge in [-0.3, -0.25) is 0 Å². The van der Waals surface area contributed by atoms with Gasteiger partial charge in [0.25, 0.3) is 0 Å². The van der Waals surface area contributed by atoms with Gasteiger partial charge >= 0.3 is 0 Å². The van der Waals surface area contributed by atoms with Gasteiger partial charge in [-0.05, 0) is 42.0 Å². The topological polar surface area (TPSA) is 70.9 Å². The smallest absolute Gasteiger partial charge is 0.161 e. The van der Waals surface area contributed by atoms with Gasteiger partial charge < -0.3 is 14.5 Å². The van der Waals surface area contributed by atoms with Crippen molar-refractivity contribution in [2.45, 2.75) is 6.61 Å². The van der Waals surface area contributed by atoms with Crippen molar-refractivity contribution in [1.82, 2.24) is 9.97 Å². The van der Waals surface area contributed by atoms with E-state index in [9.17, 15) is 9.65 Å². The molecular weight excluding hydrogens is 381 g/mol. The summed E-state index contributed by atoms with van der Waals surface area (Å²) in [4.78, 5) is 7.63. The summed E-state index contributed by atoms with van der Waals surface area (Å²) >= 11 is 0. The Morgan fingerprint density at radius 2 is 1.90 bits per heavy atom. The van der Waals surface area contributed by atoms with Crippen molar-refractivity contribution >= 4 is 22.7 Å². The van der Waals surface area contributed by atoms with Gasteiger partial charge in [-0.25, -0.2) is 9.37 Å². The number of nitrogens with zero attached hydrogens (tertiary/aromatic N) is 2. The molecule has 0 unspecified atom stereocenters. The van der Waals surface area contributed by atoms with Crippen LogP contribution in [0.15, 0.2) is 66.7 Å². The summed E-state index contributed by atoms with van der Waals surface area (Å²) in [6.45, 7) is 0.0840. The summed E-state index contributed by atoms with van der Waals surface area (Å²) in [5.74, 6) is 1.15. The number of aromatic nitrogens is 2. The molecule has 0 aliphatic heterocycles. The molecule has 0 spiro atoms. The third-order valence-electron chi connectivity index (χ3n) is 4.60. The number of rotatable bonds is 6. The molecule has 1 N–H and O–H groups in total. The number of imidazole rings is 1. The van der Waals surface area contributed by atoms with E-state index in [2.05, 4.69) is 16.0 Å². The summed E-state index contributed by atoms with van der Waals surface area (Å²) < 4.78 is 25.0. The minimum absolute atomic E-state index is 0.0840. The zero-order chi connectivity index (χ0) is 20.9. The zero-order valence-electron chi connectivity index (χ0n) is 16.2. The number of ether oxygens (including phenoxy) is 2. The molecule has 0 fully saturated rings. The quantitative estimate of drug-likeness (QED) is 0.444. The van der Waals surface area contributed by atoms with E-state index in [1.165, 1.54) is 13.2 Å². The molecule has 0 amide bonds. The molecule has 0 saturated carbocycles. The molecule has 3 aromatic carbocycles. The predicted octanol–water partition coefficient (Wildman–Crippen LogP) is 5.35. The fourth-order valence-corrected chi connectivity index (χ4v) is 3.06. The molecule has 30 heavy (non-hydrogen) atoms. The molecule has 1 aromatic heterocycles. The maximum atomic E-state index is 13.8. The second-order valence-corrected chi connectivity index (χ2v) is 6.56. The third-order valence-corrected chi connectivity index (χ3v) is 4.60. The number of fused-ring (bicyclic) bond motifs is 1. The number of H-pyrrole nitrogens is 1. The van der Waals surface area contributed by atoms with Gasteiger partial charge in [-0.2, -0.15) is 5.26 Å². The first-order valence-electron chi connectivity index (χ1n) is 9.29. The van der Waals surface area contributed by atoms with Gasteiger partial charge in [0, 0.05) is 5.56 Å². The Labute approximate surface area is 173 Å². The molecule has 0 saturated heterocycles. The number of nitrogens with one attached hydrogen (secondary N) is 1. The number of benzene rings is 3. The summed E-state index contributed by atoms with van der Waals surface area (Å²) in [5, 5.41) is 9.61. The van der Waals surface area contributed by atoms with Crippen LogP contribution in [-0.4, -0.2) is 17.1 Å². The standard InChI is InChI=1S/C24H18FN3O2/c1-29-23-13-16(10-11-22(23)30-15-17-6-2-3-7-19(17)25)12-18(14-26)24-27-20-8-4-5-9-21(20)28-24/h2-13H,15H2,1H3,(H,27,28)/b18-12+. The second-order valence-electron chi connectivity index (χ2n) is 6.56. The maximum absolute atomic E-state index is 13.8. The van der Waals surface area contributed by atoms with Crippen LogP contribution in [0.4, 0.5) is 4.39 Å². The first kappa shape index (κ1) is 19.2. The van der Waals surface area contributed by atoms with E-state index in [-0.39, 0.29) is 12.4 Å². The van der Waals surface area contributed by atoms with Gasteiger partial charge in [0.15, 0.2) is 11.5 Å². The van der Waals surface area contributed by atoms with Crippen LogP contribution in [0.5, 0.6) is 11.5 Å². The molecule has 6 heteroatoms. The fourth-order valence-electron chi connectivity index (χ4n) is 3.06. The number of para-hydroxylation sites is 2. The van der Waals surface area contributed by atoms with Crippen LogP contribution >= 0.6 is 0 Å². The highest BCUT2D eigenvalue weighted by molar-refractivity contribution is 5.90. The Kier molecular flexibility index (Phi) is 5.44. The highest BCUT2D eigenvalue weighted by Crippen LogP contribution is 2.30. The lowest BCUT2D eigenvalue weighted by Gasteiger charge is -2.12. The second kappa shape index (κ2) is 8.50. The first-order valence-corrected chi connectivity index (χ1v) is 9.29. The van der Waals surface area contributed by atoms with Crippen LogP contribution in [0, 0.1) is 17.1 Å². The van der Waals surface area contributed by atoms with E-state index >= 15 is 0 Å². The number of hydrogen-bond acceptors (Lipinski definition) is 4. The van der Waals surface area contributed by atoms with Gasteiger partial charge in [0.05, 0.1) is 23.7 Å².